The third-order valence-electron chi connectivity index (χ3n) is 6.06. The largest absolute Gasteiger partial charge is 0.0651 e. The molecule has 0 spiro atoms. The molecule has 2 fully saturated rings. The fourth-order valence-electron chi connectivity index (χ4n) is 4.95. The molecule has 16 heavy (non-hydrogen) atoms. The maximum absolute atomic E-state index is 2.55. The van der Waals surface area contributed by atoms with Crippen LogP contribution in [0.5, 0.6) is 0 Å². The molecule has 6 atom stereocenters. The summed E-state index contributed by atoms with van der Waals surface area (Å²) in [6.45, 7) is 12.4. The molecule has 0 aromatic heterocycles. The molecule has 0 heteroatoms. The van der Waals surface area contributed by atoms with Gasteiger partial charge in [-0.1, -0.05) is 47.5 Å². The second-order valence-electron chi connectivity index (χ2n) is 6.64. The first kappa shape index (κ1) is 12.5. The van der Waals surface area contributed by atoms with Gasteiger partial charge >= 0.3 is 0 Å². The van der Waals surface area contributed by atoms with Crippen molar-refractivity contribution < 1.29 is 0 Å². The Hall–Kier alpha value is 0. The number of hydrogen-bond acceptors (Lipinski definition) is 0. The van der Waals surface area contributed by atoms with Crippen LogP contribution in [0.2, 0.25) is 0 Å². The Labute approximate surface area is 102 Å². The van der Waals surface area contributed by atoms with E-state index in [1.54, 1.807) is 0 Å². The summed E-state index contributed by atoms with van der Waals surface area (Å²) in [4.78, 5) is 0. The van der Waals surface area contributed by atoms with Gasteiger partial charge in [-0.15, -0.1) is 0 Å². The van der Waals surface area contributed by atoms with Crippen molar-refractivity contribution in [1.29, 1.82) is 0 Å². The van der Waals surface area contributed by atoms with Crippen LogP contribution in [-0.2, 0) is 0 Å². The molecule has 0 N–H and O–H groups in total. The molecule has 0 aromatic carbocycles. The van der Waals surface area contributed by atoms with Crippen molar-refractivity contribution >= 4 is 0 Å². The van der Waals surface area contributed by atoms with Crippen LogP contribution in [0.15, 0.2) is 0 Å². The molecule has 2 aliphatic carbocycles. The summed E-state index contributed by atoms with van der Waals surface area (Å²) in [6, 6.07) is 0. The summed E-state index contributed by atoms with van der Waals surface area (Å²) in [5.41, 5.74) is 0. The third-order valence-corrected chi connectivity index (χ3v) is 6.06. The standard InChI is InChI=1S/C16H30/c1-6-14-10(3)11(4)16(12(14)5)15(7-2)13-8-9-13/h10-16H,6-9H2,1-5H3. The highest BCUT2D eigenvalue weighted by atomic mass is 14.5. The van der Waals surface area contributed by atoms with Crippen molar-refractivity contribution in [3.05, 3.63) is 0 Å². The summed E-state index contributed by atoms with van der Waals surface area (Å²) in [6.07, 6.45) is 5.87. The molecule has 0 aliphatic heterocycles. The van der Waals surface area contributed by atoms with Gasteiger partial charge in [-0.25, -0.2) is 0 Å². The van der Waals surface area contributed by atoms with Crippen molar-refractivity contribution in [1.82, 2.24) is 0 Å². The second-order valence-corrected chi connectivity index (χ2v) is 6.64. The number of rotatable bonds is 4. The summed E-state index contributed by atoms with van der Waals surface area (Å²) in [7, 11) is 0. The highest BCUT2D eigenvalue weighted by Gasteiger charge is 2.48. The maximum atomic E-state index is 2.55. The summed E-state index contributed by atoms with van der Waals surface area (Å²) < 4.78 is 0. The van der Waals surface area contributed by atoms with Crippen molar-refractivity contribution in [3.8, 4) is 0 Å². The van der Waals surface area contributed by atoms with E-state index in [9.17, 15) is 0 Å². The Morgan fingerprint density at radius 1 is 0.938 bits per heavy atom. The van der Waals surface area contributed by atoms with Crippen LogP contribution in [0, 0.1) is 41.4 Å². The second kappa shape index (κ2) is 4.70. The van der Waals surface area contributed by atoms with Gasteiger partial charge in [-0.05, 0) is 54.3 Å². The average molecular weight is 222 g/mol. The van der Waals surface area contributed by atoms with E-state index in [0.717, 1.165) is 41.4 Å². The lowest BCUT2D eigenvalue weighted by molar-refractivity contribution is 0.179. The minimum Gasteiger partial charge on any atom is -0.0651 e. The van der Waals surface area contributed by atoms with Gasteiger partial charge in [0.05, 0.1) is 0 Å². The summed E-state index contributed by atoms with van der Waals surface area (Å²) in [5.74, 6) is 7.06. The van der Waals surface area contributed by atoms with Crippen molar-refractivity contribution in [3.63, 3.8) is 0 Å². The molecule has 6 unspecified atom stereocenters. The van der Waals surface area contributed by atoms with Crippen molar-refractivity contribution in [2.24, 2.45) is 41.4 Å². The first-order chi connectivity index (χ1) is 7.61. The molecule has 2 saturated carbocycles. The third kappa shape index (κ3) is 1.93. The van der Waals surface area contributed by atoms with Crippen LogP contribution in [0.1, 0.15) is 60.3 Å². The van der Waals surface area contributed by atoms with Gasteiger partial charge in [0.1, 0.15) is 0 Å². The van der Waals surface area contributed by atoms with Crippen LogP contribution in [0.4, 0.5) is 0 Å². The van der Waals surface area contributed by atoms with Gasteiger partial charge in [0, 0.05) is 0 Å². The monoisotopic (exact) mass is 222 g/mol. The van der Waals surface area contributed by atoms with Gasteiger partial charge < -0.3 is 0 Å². The molecule has 0 amide bonds. The quantitative estimate of drug-likeness (QED) is 0.629. The van der Waals surface area contributed by atoms with Gasteiger partial charge in [-0.3, -0.25) is 0 Å². The van der Waals surface area contributed by atoms with Gasteiger partial charge in [0.25, 0.3) is 0 Å². The molecular weight excluding hydrogens is 192 g/mol. The minimum absolute atomic E-state index is 0.956. The molecule has 0 bridgehead atoms. The highest BCUT2D eigenvalue weighted by Crippen LogP contribution is 2.55. The molecule has 2 aliphatic rings. The van der Waals surface area contributed by atoms with Crippen LogP contribution in [-0.4, -0.2) is 0 Å². The fraction of sp³-hybridized carbons (Fsp3) is 1.00. The molecule has 0 heterocycles. The van der Waals surface area contributed by atoms with E-state index in [-0.39, 0.29) is 0 Å². The molecule has 0 nitrogen and oxygen atoms in total. The maximum Gasteiger partial charge on any atom is -0.0326 e. The molecule has 0 saturated heterocycles. The zero-order chi connectivity index (χ0) is 11.9. The van der Waals surface area contributed by atoms with E-state index in [1.807, 2.05) is 0 Å². The predicted molar refractivity (Wildman–Crippen MR) is 71.3 cm³/mol. The Morgan fingerprint density at radius 2 is 1.56 bits per heavy atom. The molecular formula is C16H30. The fourth-order valence-corrected chi connectivity index (χ4v) is 4.95. The Kier molecular flexibility index (Phi) is 3.66. The number of hydrogen-bond donors (Lipinski definition) is 0. The normalized spacial score (nSPS) is 45.9. The van der Waals surface area contributed by atoms with E-state index < -0.39 is 0 Å². The van der Waals surface area contributed by atoms with Gasteiger partial charge in [0.2, 0.25) is 0 Å². The van der Waals surface area contributed by atoms with Crippen LogP contribution in [0.25, 0.3) is 0 Å². The zero-order valence-electron chi connectivity index (χ0n) is 11.9. The smallest absolute Gasteiger partial charge is 0.0326 e. The lowest BCUT2D eigenvalue weighted by Gasteiger charge is -2.30. The predicted octanol–water partition coefficient (Wildman–Crippen LogP) is 4.99. The summed E-state index contributed by atoms with van der Waals surface area (Å²) in [5, 5.41) is 0. The van der Waals surface area contributed by atoms with Crippen LogP contribution >= 0.6 is 0 Å². The Bertz CT molecular complexity index is 228. The molecule has 0 radical (unpaired) electrons. The van der Waals surface area contributed by atoms with Crippen molar-refractivity contribution in [2.45, 2.75) is 60.3 Å². The topological polar surface area (TPSA) is 0 Å². The molecule has 94 valence electrons. The van der Waals surface area contributed by atoms with Crippen LogP contribution < -0.4 is 0 Å². The molecule has 2 rings (SSSR count). The highest BCUT2D eigenvalue weighted by molar-refractivity contribution is 4.97. The van der Waals surface area contributed by atoms with E-state index in [1.165, 1.54) is 25.7 Å². The first-order valence-corrected chi connectivity index (χ1v) is 7.61. The van der Waals surface area contributed by atoms with Crippen LogP contribution in [0.3, 0.4) is 0 Å². The van der Waals surface area contributed by atoms with Gasteiger partial charge in [-0.2, -0.15) is 0 Å². The SMILES string of the molecule is CCC1C(C)C(C)C(C(CC)C2CC2)C1C. The van der Waals surface area contributed by atoms with E-state index in [0.29, 0.717) is 0 Å². The summed E-state index contributed by atoms with van der Waals surface area (Å²) >= 11 is 0. The first-order valence-electron chi connectivity index (χ1n) is 7.61. The van der Waals surface area contributed by atoms with Gasteiger partial charge in [0.15, 0.2) is 0 Å². The lowest BCUT2D eigenvalue weighted by atomic mass is 9.75. The average Bonchev–Trinajstić information content (AvgIpc) is 3.05. The van der Waals surface area contributed by atoms with E-state index in [4.69, 9.17) is 0 Å². The van der Waals surface area contributed by atoms with E-state index >= 15 is 0 Å². The zero-order valence-corrected chi connectivity index (χ0v) is 11.9. The molecule has 0 aromatic rings. The minimum atomic E-state index is 0.956. The lowest BCUT2D eigenvalue weighted by Crippen LogP contribution is -2.24. The Balaban J connectivity index is 2.13. The Morgan fingerprint density at radius 3 is 1.94 bits per heavy atom. The van der Waals surface area contributed by atoms with E-state index in [2.05, 4.69) is 34.6 Å². The van der Waals surface area contributed by atoms with Crippen molar-refractivity contribution in [2.75, 3.05) is 0 Å².